The molecule has 7 heteroatoms. The lowest BCUT2D eigenvalue weighted by molar-refractivity contribution is 0.576. The average molecular weight is 344 g/mol. The van der Waals surface area contributed by atoms with Crippen LogP contribution in [0.2, 0.25) is 0 Å². The molecular formula is C12H14BrN3O2S. The van der Waals surface area contributed by atoms with Crippen LogP contribution in [0.4, 0.5) is 0 Å². The van der Waals surface area contributed by atoms with E-state index in [2.05, 4.69) is 26.2 Å². The van der Waals surface area contributed by atoms with E-state index in [1.54, 1.807) is 17.8 Å². The molecule has 0 N–H and O–H groups in total. The van der Waals surface area contributed by atoms with Crippen molar-refractivity contribution < 1.29 is 8.42 Å². The quantitative estimate of drug-likeness (QED) is 0.834. The zero-order chi connectivity index (χ0) is 13.9. The van der Waals surface area contributed by atoms with E-state index in [1.807, 2.05) is 24.3 Å². The fourth-order valence-electron chi connectivity index (χ4n) is 1.56. The number of hydrogen-bond acceptors (Lipinski definition) is 4. The number of benzene rings is 1. The second kappa shape index (κ2) is 5.83. The Kier molecular flexibility index (Phi) is 4.36. The molecule has 0 amide bonds. The Balaban J connectivity index is 2.12. The van der Waals surface area contributed by atoms with E-state index in [4.69, 9.17) is 0 Å². The standard InChI is InChI=1S/C12H14BrN3O2S/c1-2-19(17,18)7-6-16-9-12(14-15-16)10-4-3-5-11(13)8-10/h3-5,8-9H,2,6-7H2,1H3. The van der Waals surface area contributed by atoms with Gasteiger partial charge in [-0.3, -0.25) is 4.68 Å². The number of aromatic nitrogens is 3. The molecule has 1 heterocycles. The van der Waals surface area contributed by atoms with E-state index in [1.165, 1.54) is 0 Å². The van der Waals surface area contributed by atoms with Crippen molar-refractivity contribution in [2.24, 2.45) is 0 Å². The predicted octanol–water partition coefficient (Wildman–Crippen LogP) is 2.14. The molecule has 0 unspecified atom stereocenters. The summed E-state index contributed by atoms with van der Waals surface area (Å²) < 4.78 is 25.4. The van der Waals surface area contributed by atoms with Crippen molar-refractivity contribution in [1.82, 2.24) is 15.0 Å². The molecule has 2 aromatic rings. The molecule has 102 valence electrons. The minimum atomic E-state index is -2.98. The lowest BCUT2D eigenvalue weighted by Gasteiger charge is -2.00. The van der Waals surface area contributed by atoms with Crippen LogP contribution in [0.3, 0.4) is 0 Å². The van der Waals surface area contributed by atoms with Gasteiger partial charge in [-0.1, -0.05) is 40.2 Å². The summed E-state index contributed by atoms with van der Waals surface area (Å²) in [5.74, 6) is 0.241. The molecule has 0 fully saturated rings. The summed E-state index contributed by atoms with van der Waals surface area (Å²) >= 11 is 3.40. The smallest absolute Gasteiger partial charge is 0.151 e. The molecule has 19 heavy (non-hydrogen) atoms. The summed E-state index contributed by atoms with van der Waals surface area (Å²) in [5.41, 5.74) is 1.68. The van der Waals surface area contributed by atoms with Gasteiger partial charge >= 0.3 is 0 Å². The fourth-order valence-corrected chi connectivity index (χ4v) is 2.72. The largest absolute Gasteiger partial charge is 0.251 e. The summed E-state index contributed by atoms with van der Waals surface area (Å²) in [6, 6.07) is 7.72. The van der Waals surface area contributed by atoms with Crippen LogP contribution in [-0.4, -0.2) is 34.9 Å². The molecule has 5 nitrogen and oxygen atoms in total. The van der Waals surface area contributed by atoms with Gasteiger partial charge in [0.1, 0.15) is 5.69 Å². The van der Waals surface area contributed by atoms with Crippen LogP contribution < -0.4 is 0 Å². The van der Waals surface area contributed by atoms with Gasteiger partial charge in [0.25, 0.3) is 0 Å². The van der Waals surface area contributed by atoms with Gasteiger partial charge in [-0.25, -0.2) is 8.42 Å². The molecule has 0 spiro atoms. The molecule has 0 saturated heterocycles. The molecule has 0 aliphatic carbocycles. The SMILES string of the molecule is CCS(=O)(=O)CCn1cc(-c2cccc(Br)c2)nn1. The molecule has 1 aromatic carbocycles. The summed E-state index contributed by atoms with van der Waals surface area (Å²) in [4.78, 5) is 0. The van der Waals surface area contributed by atoms with E-state index in [-0.39, 0.29) is 11.5 Å². The Hall–Kier alpha value is -1.21. The number of hydrogen-bond donors (Lipinski definition) is 0. The van der Waals surface area contributed by atoms with Crippen LogP contribution in [-0.2, 0) is 16.4 Å². The summed E-state index contributed by atoms with van der Waals surface area (Å²) in [7, 11) is -2.98. The predicted molar refractivity (Wildman–Crippen MR) is 77.5 cm³/mol. The molecule has 2 rings (SSSR count). The highest BCUT2D eigenvalue weighted by molar-refractivity contribution is 9.10. The summed E-state index contributed by atoms with van der Waals surface area (Å²) in [6.45, 7) is 1.97. The maximum absolute atomic E-state index is 11.4. The molecule has 0 atom stereocenters. The Morgan fingerprint density at radius 2 is 2.16 bits per heavy atom. The van der Waals surface area contributed by atoms with Crippen molar-refractivity contribution >= 4 is 25.8 Å². The molecule has 1 aromatic heterocycles. The first kappa shape index (κ1) is 14.2. The Morgan fingerprint density at radius 3 is 2.84 bits per heavy atom. The summed E-state index contributed by atoms with van der Waals surface area (Å²) in [6.07, 6.45) is 1.76. The van der Waals surface area contributed by atoms with E-state index in [9.17, 15) is 8.42 Å². The van der Waals surface area contributed by atoms with Gasteiger partial charge in [-0.05, 0) is 12.1 Å². The van der Waals surface area contributed by atoms with Crippen LogP contribution in [0.1, 0.15) is 6.92 Å². The van der Waals surface area contributed by atoms with Crippen LogP contribution >= 0.6 is 15.9 Å². The maximum atomic E-state index is 11.4. The summed E-state index contributed by atoms with van der Waals surface area (Å²) in [5, 5.41) is 8.00. The van der Waals surface area contributed by atoms with E-state index in [0.29, 0.717) is 6.54 Å². The van der Waals surface area contributed by atoms with Gasteiger partial charge in [0.05, 0.1) is 18.5 Å². The highest BCUT2D eigenvalue weighted by Gasteiger charge is 2.09. The number of nitrogens with zero attached hydrogens (tertiary/aromatic N) is 3. The molecule has 0 aliphatic rings. The highest BCUT2D eigenvalue weighted by Crippen LogP contribution is 2.20. The number of aryl methyl sites for hydroxylation is 1. The van der Waals surface area contributed by atoms with Crippen molar-refractivity contribution in [3.8, 4) is 11.3 Å². The van der Waals surface area contributed by atoms with Crippen LogP contribution in [0, 0.1) is 0 Å². The van der Waals surface area contributed by atoms with Crippen molar-refractivity contribution in [2.75, 3.05) is 11.5 Å². The third-order valence-electron chi connectivity index (χ3n) is 2.73. The van der Waals surface area contributed by atoms with Crippen LogP contribution in [0.25, 0.3) is 11.3 Å². The third-order valence-corrected chi connectivity index (χ3v) is 4.91. The Morgan fingerprint density at radius 1 is 1.37 bits per heavy atom. The molecular weight excluding hydrogens is 330 g/mol. The lowest BCUT2D eigenvalue weighted by atomic mass is 10.2. The lowest BCUT2D eigenvalue weighted by Crippen LogP contribution is -2.14. The van der Waals surface area contributed by atoms with Gasteiger partial charge in [0.15, 0.2) is 9.84 Å². The first-order valence-electron chi connectivity index (χ1n) is 5.86. The minimum absolute atomic E-state index is 0.0881. The second-order valence-corrected chi connectivity index (χ2v) is 7.50. The van der Waals surface area contributed by atoms with Gasteiger partial charge in [0.2, 0.25) is 0 Å². The van der Waals surface area contributed by atoms with Gasteiger partial charge in [-0.15, -0.1) is 5.10 Å². The van der Waals surface area contributed by atoms with Crippen molar-refractivity contribution in [2.45, 2.75) is 13.5 Å². The molecule has 0 saturated carbocycles. The van der Waals surface area contributed by atoms with E-state index in [0.717, 1.165) is 15.7 Å². The van der Waals surface area contributed by atoms with E-state index >= 15 is 0 Å². The number of sulfone groups is 1. The minimum Gasteiger partial charge on any atom is -0.251 e. The average Bonchev–Trinajstić information content (AvgIpc) is 2.85. The van der Waals surface area contributed by atoms with Crippen molar-refractivity contribution in [3.63, 3.8) is 0 Å². The number of rotatable bonds is 5. The van der Waals surface area contributed by atoms with E-state index < -0.39 is 9.84 Å². The highest BCUT2D eigenvalue weighted by atomic mass is 79.9. The first-order valence-corrected chi connectivity index (χ1v) is 8.48. The van der Waals surface area contributed by atoms with Gasteiger partial charge < -0.3 is 0 Å². The first-order chi connectivity index (χ1) is 9.00. The molecule has 0 radical (unpaired) electrons. The van der Waals surface area contributed by atoms with Gasteiger partial charge in [0, 0.05) is 15.8 Å². The van der Waals surface area contributed by atoms with Gasteiger partial charge in [-0.2, -0.15) is 0 Å². The van der Waals surface area contributed by atoms with Crippen LogP contribution in [0.5, 0.6) is 0 Å². The van der Waals surface area contributed by atoms with Crippen LogP contribution in [0.15, 0.2) is 34.9 Å². The van der Waals surface area contributed by atoms with Crippen molar-refractivity contribution in [3.05, 3.63) is 34.9 Å². The maximum Gasteiger partial charge on any atom is 0.151 e. The topological polar surface area (TPSA) is 64.8 Å². The molecule has 0 bridgehead atoms. The zero-order valence-electron chi connectivity index (χ0n) is 10.5. The molecule has 0 aliphatic heterocycles. The van der Waals surface area contributed by atoms with Crippen molar-refractivity contribution in [1.29, 1.82) is 0 Å². The second-order valence-electron chi connectivity index (χ2n) is 4.11. The normalized spacial score (nSPS) is 11.7. The zero-order valence-corrected chi connectivity index (χ0v) is 12.9. The number of halogens is 1. The Bertz CT molecular complexity index is 667. The Labute approximate surface area is 120 Å². The third kappa shape index (κ3) is 3.87. The fraction of sp³-hybridized carbons (Fsp3) is 0.333. The monoisotopic (exact) mass is 343 g/mol.